The molecule has 3 heterocycles. The van der Waals surface area contributed by atoms with Gasteiger partial charge in [0.05, 0.1) is 10.6 Å². The van der Waals surface area contributed by atoms with Crippen molar-refractivity contribution in [3.63, 3.8) is 0 Å². The number of likely N-dealkylation sites (tertiary alicyclic amines) is 1. The number of aromatic nitrogens is 1. The predicted octanol–water partition coefficient (Wildman–Crippen LogP) is 3.38. The average molecular weight is 328 g/mol. The van der Waals surface area contributed by atoms with Crippen molar-refractivity contribution in [3.8, 4) is 10.6 Å². The summed E-state index contributed by atoms with van der Waals surface area (Å²) in [4.78, 5) is 3.55. The topological polar surface area (TPSA) is 55.3 Å². The second-order valence-corrected chi connectivity index (χ2v) is 7.20. The number of hydrogen-bond donors (Lipinski definition) is 1. The number of thiophene rings is 1. The highest BCUT2D eigenvalue weighted by Crippen LogP contribution is 2.29. The van der Waals surface area contributed by atoms with Gasteiger partial charge in [-0.05, 0) is 23.3 Å². The van der Waals surface area contributed by atoms with Crippen molar-refractivity contribution in [1.82, 2.24) is 10.1 Å². The molecule has 2 aromatic rings. The first-order valence-corrected chi connectivity index (χ1v) is 7.90. The molecule has 0 aromatic carbocycles. The molecule has 0 saturated carbocycles. The molecule has 0 aliphatic carbocycles. The third-order valence-electron chi connectivity index (χ3n) is 4.10. The summed E-state index contributed by atoms with van der Waals surface area (Å²) in [5.74, 6) is 0.864. The van der Waals surface area contributed by atoms with Crippen molar-refractivity contribution in [2.75, 3.05) is 13.1 Å². The van der Waals surface area contributed by atoms with Gasteiger partial charge in [0.15, 0.2) is 5.76 Å². The highest BCUT2D eigenvalue weighted by molar-refractivity contribution is 7.13. The molecule has 0 bridgehead atoms. The first-order chi connectivity index (χ1) is 9.54. The van der Waals surface area contributed by atoms with Gasteiger partial charge in [0.25, 0.3) is 0 Å². The maximum atomic E-state index is 6.18. The molecule has 0 radical (unpaired) electrons. The van der Waals surface area contributed by atoms with Crippen LogP contribution in [0, 0.1) is 5.41 Å². The summed E-state index contributed by atoms with van der Waals surface area (Å²) in [7, 11) is 0. The summed E-state index contributed by atoms with van der Waals surface area (Å²) in [6.07, 6.45) is 1.04. The number of nitrogens with zero attached hydrogens (tertiary/aromatic N) is 2. The lowest BCUT2D eigenvalue weighted by Crippen LogP contribution is -2.52. The molecule has 4 nitrogen and oxygen atoms in total. The summed E-state index contributed by atoms with van der Waals surface area (Å²) < 4.78 is 5.43. The van der Waals surface area contributed by atoms with Crippen LogP contribution in [-0.2, 0) is 6.54 Å². The minimum absolute atomic E-state index is 0. The maximum Gasteiger partial charge on any atom is 0.177 e. The predicted molar refractivity (Wildman–Crippen MR) is 88.7 cm³/mol. The highest BCUT2D eigenvalue weighted by Gasteiger charge is 2.33. The van der Waals surface area contributed by atoms with Gasteiger partial charge >= 0.3 is 0 Å². The van der Waals surface area contributed by atoms with Crippen LogP contribution in [0.4, 0.5) is 0 Å². The summed E-state index contributed by atoms with van der Waals surface area (Å²) in [6.45, 7) is 7.36. The van der Waals surface area contributed by atoms with E-state index in [-0.39, 0.29) is 23.9 Å². The van der Waals surface area contributed by atoms with Crippen molar-refractivity contribution in [1.29, 1.82) is 0 Å². The van der Waals surface area contributed by atoms with E-state index in [0.29, 0.717) is 0 Å². The fourth-order valence-corrected chi connectivity index (χ4v) is 3.44. The van der Waals surface area contributed by atoms with E-state index in [0.717, 1.165) is 42.4 Å². The summed E-state index contributed by atoms with van der Waals surface area (Å²) in [5, 5.41) is 6.24. The zero-order valence-electron chi connectivity index (χ0n) is 12.4. The van der Waals surface area contributed by atoms with Gasteiger partial charge in [-0.2, -0.15) is 0 Å². The van der Waals surface area contributed by atoms with E-state index in [1.54, 1.807) is 11.3 Å². The number of nitrogens with two attached hydrogens (primary N) is 1. The molecule has 2 aromatic heterocycles. The largest absolute Gasteiger partial charge is 0.355 e. The van der Waals surface area contributed by atoms with Crippen LogP contribution in [0.25, 0.3) is 10.6 Å². The lowest BCUT2D eigenvalue weighted by atomic mass is 9.80. The van der Waals surface area contributed by atoms with Gasteiger partial charge in [-0.1, -0.05) is 25.1 Å². The molecule has 3 rings (SSSR count). The van der Waals surface area contributed by atoms with Crippen LogP contribution in [0.15, 0.2) is 28.1 Å². The number of rotatable bonds is 3. The van der Waals surface area contributed by atoms with Crippen molar-refractivity contribution < 1.29 is 4.52 Å². The van der Waals surface area contributed by atoms with Crippen molar-refractivity contribution in [3.05, 3.63) is 29.3 Å². The van der Waals surface area contributed by atoms with Gasteiger partial charge in [-0.15, -0.1) is 23.7 Å². The lowest BCUT2D eigenvalue weighted by molar-refractivity contribution is 0.0881. The van der Waals surface area contributed by atoms with Crippen molar-refractivity contribution >= 4 is 23.7 Å². The molecule has 1 unspecified atom stereocenters. The average Bonchev–Trinajstić information content (AvgIpc) is 3.03. The summed E-state index contributed by atoms with van der Waals surface area (Å²) >= 11 is 1.67. The molecule has 1 saturated heterocycles. The van der Waals surface area contributed by atoms with E-state index in [4.69, 9.17) is 10.3 Å². The number of halogens is 1. The summed E-state index contributed by atoms with van der Waals surface area (Å²) in [6, 6.07) is 6.42. The standard InChI is InChI=1S/C15H21N3OS.ClH/c1-15(2)10-18(6-5-14(15)16)9-11-8-12(19-17-11)13-4-3-7-20-13;/h3-4,7-8,14H,5-6,9-10,16H2,1-2H3;1H. The van der Waals surface area contributed by atoms with E-state index in [1.807, 2.05) is 17.5 Å². The van der Waals surface area contributed by atoms with E-state index in [1.165, 1.54) is 0 Å². The first kappa shape index (κ1) is 16.5. The molecule has 6 heteroatoms. The van der Waals surface area contributed by atoms with Gasteiger partial charge in [0.2, 0.25) is 0 Å². The Morgan fingerprint density at radius 2 is 2.33 bits per heavy atom. The maximum absolute atomic E-state index is 6.18. The quantitative estimate of drug-likeness (QED) is 0.939. The third kappa shape index (κ3) is 3.66. The molecule has 1 aliphatic heterocycles. The third-order valence-corrected chi connectivity index (χ3v) is 4.98. The first-order valence-electron chi connectivity index (χ1n) is 7.02. The van der Waals surface area contributed by atoms with Gasteiger partial charge in [-0.25, -0.2) is 0 Å². The summed E-state index contributed by atoms with van der Waals surface area (Å²) in [5.41, 5.74) is 7.34. The van der Waals surface area contributed by atoms with E-state index in [9.17, 15) is 0 Å². The minimum atomic E-state index is 0. The molecule has 1 atom stereocenters. The Bertz CT molecular complexity index is 567. The zero-order valence-corrected chi connectivity index (χ0v) is 14.0. The van der Waals surface area contributed by atoms with E-state index < -0.39 is 0 Å². The van der Waals surface area contributed by atoms with Crippen LogP contribution in [0.5, 0.6) is 0 Å². The second kappa shape index (κ2) is 6.48. The number of hydrogen-bond acceptors (Lipinski definition) is 5. The monoisotopic (exact) mass is 327 g/mol. The van der Waals surface area contributed by atoms with Crippen LogP contribution in [0.2, 0.25) is 0 Å². The minimum Gasteiger partial charge on any atom is -0.355 e. The molecule has 1 aliphatic rings. The molecule has 116 valence electrons. The van der Waals surface area contributed by atoms with Crippen LogP contribution in [0.3, 0.4) is 0 Å². The van der Waals surface area contributed by atoms with Gasteiger partial charge in [0, 0.05) is 31.7 Å². The Morgan fingerprint density at radius 1 is 1.52 bits per heavy atom. The molecule has 0 amide bonds. The number of piperidine rings is 1. The van der Waals surface area contributed by atoms with Gasteiger partial charge < -0.3 is 10.3 Å². The SMILES string of the molecule is CC1(C)CN(Cc2cc(-c3cccs3)on2)CCC1N.Cl. The highest BCUT2D eigenvalue weighted by atomic mass is 35.5. The fraction of sp³-hybridized carbons (Fsp3) is 0.533. The van der Waals surface area contributed by atoms with Crippen molar-refractivity contribution in [2.45, 2.75) is 32.9 Å². The lowest BCUT2D eigenvalue weighted by Gasteiger charge is -2.42. The van der Waals surface area contributed by atoms with Gasteiger partial charge in [0.1, 0.15) is 0 Å². The van der Waals surface area contributed by atoms with Gasteiger partial charge in [-0.3, -0.25) is 4.90 Å². The fourth-order valence-electron chi connectivity index (χ4n) is 2.77. The Labute approximate surface area is 135 Å². The molecular formula is C15H22ClN3OS. The van der Waals surface area contributed by atoms with Crippen LogP contribution < -0.4 is 5.73 Å². The molecule has 1 fully saturated rings. The normalized spacial score (nSPS) is 22.0. The Hall–Kier alpha value is -0.880. The van der Waals surface area contributed by atoms with E-state index in [2.05, 4.69) is 30.0 Å². The van der Waals surface area contributed by atoms with Crippen LogP contribution >= 0.6 is 23.7 Å². The smallest absolute Gasteiger partial charge is 0.177 e. The van der Waals surface area contributed by atoms with Crippen LogP contribution in [0.1, 0.15) is 26.0 Å². The second-order valence-electron chi connectivity index (χ2n) is 6.25. The molecule has 21 heavy (non-hydrogen) atoms. The Morgan fingerprint density at radius 3 is 3.00 bits per heavy atom. The van der Waals surface area contributed by atoms with Crippen LogP contribution in [-0.4, -0.2) is 29.2 Å². The Balaban J connectivity index is 0.00000161. The van der Waals surface area contributed by atoms with E-state index >= 15 is 0 Å². The Kier molecular flexibility index (Phi) is 5.09. The zero-order chi connectivity index (χ0) is 14.2. The molecular weight excluding hydrogens is 306 g/mol. The molecule has 0 spiro atoms. The van der Waals surface area contributed by atoms with Crippen molar-refractivity contribution in [2.24, 2.45) is 11.1 Å². The molecule has 2 N–H and O–H groups in total.